The van der Waals surface area contributed by atoms with Crippen LogP contribution in [0.25, 0.3) is 0 Å². The molecule has 34 heavy (non-hydrogen) atoms. The summed E-state index contributed by atoms with van der Waals surface area (Å²) in [7, 11) is 3.12. The molecule has 1 heterocycles. The lowest BCUT2D eigenvalue weighted by molar-refractivity contribution is 0.0937. The number of carbonyl (C=O) groups is 2. The van der Waals surface area contributed by atoms with E-state index in [0.717, 1.165) is 0 Å². The van der Waals surface area contributed by atoms with Gasteiger partial charge in [0.2, 0.25) is 0 Å². The van der Waals surface area contributed by atoms with Crippen LogP contribution in [0, 0.1) is 0 Å². The van der Waals surface area contributed by atoms with Crippen LogP contribution in [-0.4, -0.2) is 57.3 Å². The van der Waals surface area contributed by atoms with Crippen LogP contribution < -0.4 is 29.6 Å². The minimum absolute atomic E-state index is 0.134. The lowest BCUT2D eigenvalue weighted by Gasteiger charge is -2.11. The highest BCUT2D eigenvalue weighted by Gasteiger charge is 2.12. The van der Waals surface area contributed by atoms with Crippen molar-refractivity contribution >= 4 is 11.8 Å². The number of rotatable bonds is 12. The van der Waals surface area contributed by atoms with Gasteiger partial charge in [-0.3, -0.25) is 9.59 Å². The molecule has 0 bridgehead atoms. The summed E-state index contributed by atoms with van der Waals surface area (Å²) in [5, 5.41) is 5.45. The molecule has 2 amide bonds. The summed E-state index contributed by atoms with van der Waals surface area (Å²) in [5.41, 5.74) is 0.269. The molecule has 3 rings (SSSR count). The quantitative estimate of drug-likeness (QED) is 0.396. The van der Waals surface area contributed by atoms with Gasteiger partial charge in [-0.05, 0) is 36.4 Å². The van der Waals surface area contributed by atoms with Crippen LogP contribution in [-0.2, 0) is 0 Å². The van der Waals surface area contributed by atoms with Gasteiger partial charge in [0.15, 0.2) is 23.0 Å². The van der Waals surface area contributed by atoms with Crippen LogP contribution >= 0.6 is 0 Å². The Kier molecular flexibility index (Phi) is 9.09. The number of aromatic nitrogens is 1. The first-order valence-corrected chi connectivity index (χ1v) is 10.7. The molecule has 0 aliphatic heterocycles. The van der Waals surface area contributed by atoms with Crippen LogP contribution in [0.15, 0.2) is 66.7 Å². The average molecular weight is 466 g/mol. The number of carbonyl (C=O) groups excluding carboxylic acids is 2. The average Bonchev–Trinajstić information content (AvgIpc) is 2.89. The number of hydrogen-bond acceptors (Lipinski definition) is 7. The molecule has 9 nitrogen and oxygen atoms in total. The van der Waals surface area contributed by atoms with E-state index in [9.17, 15) is 9.59 Å². The molecule has 2 aromatic carbocycles. The van der Waals surface area contributed by atoms with Crippen molar-refractivity contribution in [1.29, 1.82) is 0 Å². The molecule has 0 saturated heterocycles. The third kappa shape index (κ3) is 6.86. The fraction of sp³-hybridized carbons (Fsp3) is 0.240. The maximum absolute atomic E-state index is 12.4. The second kappa shape index (κ2) is 12.7. The first kappa shape index (κ1) is 24.4. The lowest BCUT2D eigenvalue weighted by atomic mass is 10.2. The van der Waals surface area contributed by atoms with Crippen LogP contribution in [0.2, 0.25) is 0 Å². The second-order valence-electron chi connectivity index (χ2n) is 6.92. The summed E-state index contributed by atoms with van der Waals surface area (Å²) in [5.74, 6) is 1.59. The molecule has 0 radical (unpaired) electrons. The molecular formula is C25H27N3O6. The van der Waals surface area contributed by atoms with Gasteiger partial charge in [0.25, 0.3) is 11.8 Å². The molecule has 9 heteroatoms. The summed E-state index contributed by atoms with van der Waals surface area (Å²) >= 11 is 0. The fourth-order valence-corrected chi connectivity index (χ4v) is 3.00. The number of amides is 2. The molecule has 3 aromatic rings. The van der Waals surface area contributed by atoms with Crippen molar-refractivity contribution in [3.05, 3.63) is 78.1 Å². The maximum Gasteiger partial charge on any atom is 0.270 e. The van der Waals surface area contributed by atoms with E-state index in [4.69, 9.17) is 18.9 Å². The monoisotopic (exact) mass is 465 g/mol. The number of methoxy groups -OCH3 is 2. The van der Waals surface area contributed by atoms with Gasteiger partial charge in [-0.25, -0.2) is 4.98 Å². The maximum atomic E-state index is 12.4. The fourth-order valence-electron chi connectivity index (χ4n) is 3.00. The molecule has 0 saturated carbocycles. The van der Waals surface area contributed by atoms with Gasteiger partial charge < -0.3 is 29.6 Å². The number of nitrogens with one attached hydrogen (secondary N) is 2. The SMILES string of the molecule is COc1ccccc1OCCNC(=O)c1cccc(C(=O)NCCOc2ccccc2OC)n1. The van der Waals surface area contributed by atoms with Gasteiger partial charge in [0.05, 0.1) is 27.3 Å². The Hall–Kier alpha value is -4.27. The summed E-state index contributed by atoms with van der Waals surface area (Å²) in [6.45, 7) is 1.02. The minimum atomic E-state index is -0.405. The third-order valence-corrected chi connectivity index (χ3v) is 4.64. The summed E-state index contributed by atoms with van der Waals surface area (Å²) < 4.78 is 21.7. The zero-order chi connectivity index (χ0) is 24.2. The van der Waals surface area contributed by atoms with Crippen LogP contribution in [0.1, 0.15) is 21.0 Å². The van der Waals surface area contributed by atoms with Gasteiger partial charge in [0, 0.05) is 0 Å². The van der Waals surface area contributed by atoms with Crippen LogP contribution in [0.4, 0.5) is 0 Å². The predicted octanol–water partition coefficient (Wildman–Crippen LogP) is 2.72. The van der Waals surface area contributed by atoms with E-state index in [1.54, 1.807) is 44.6 Å². The van der Waals surface area contributed by atoms with Gasteiger partial charge in [0.1, 0.15) is 24.6 Å². The highest BCUT2D eigenvalue weighted by Crippen LogP contribution is 2.26. The Morgan fingerprint density at radius 1 is 0.647 bits per heavy atom. The van der Waals surface area contributed by atoms with Crippen LogP contribution in [0.3, 0.4) is 0 Å². The second-order valence-corrected chi connectivity index (χ2v) is 6.92. The first-order chi connectivity index (χ1) is 16.6. The predicted molar refractivity (Wildman–Crippen MR) is 126 cm³/mol. The summed E-state index contributed by atoms with van der Waals surface area (Å²) in [6, 6.07) is 19.2. The number of nitrogens with zero attached hydrogens (tertiary/aromatic N) is 1. The lowest BCUT2D eigenvalue weighted by Crippen LogP contribution is -2.31. The molecule has 0 spiro atoms. The molecule has 0 aliphatic rings. The number of pyridine rings is 1. The normalized spacial score (nSPS) is 10.2. The van der Waals surface area contributed by atoms with Gasteiger partial charge >= 0.3 is 0 Å². The number of hydrogen-bond donors (Lipinski definition) is 2. The van der Waals surface area contributed by atoms with E-state index in [2.05, 4.69) is 15.6 Å². The van der Waals surface area contributed by atoms with Gasteiger partial charge in [-0.1, -0.05) is 30.3 Å². The van der Waals surface area contributed by atoms with E-state index in [0.29, 0.717) is 23.0 Å². The smallest absolute Gasteiger partial charge is 0.270 e. The van der Waals surface area contributed by atoms with E-state index < -0.39 is 11.8 Å². The Balaban J connectivity index is 1.43. The van der Waals surface area contributed by atoms with E-state index >= 15 is 0 Å². The van der Waals surface area contributed by atoms with Gasteiger partial charge in [-0.2, -0.15) is 0 Å². The third-order valence-electron chi connectivity index (χ3n) is 4.64. The van der Waals surface area contributed by atoms with Crippen molar-refractivity contribution in [2.45, 2.75) is 0 Å². The number of para-hydroxylation sites is 4. The zero-order valence-corrected chi connectivity index (χ0v) is 19.1. The van der Waals surface area contributed by atoms with Crippen LogP contribution in [0.5, 0.6) is 23.0 Å². The molecule has 0 atom stereocenters. The number of benzene rings is 2. The molecule has 2 N–H and O–H groups in total. The molecule has 1 aromatic heterocycles. The molecular weight excluding hydrogens is 438 g/mol. The van der Waals surface area contributed by atoms with E-state index in [1.165, 1.54) is 12.1 Å². The van der Waals surface area contributed by atoms with Crippen molar-refractivity contribution < 1.29 is 28.5 Å². The standard InChI is InChI=1S/C25H27N3O6/c1-31-20-10-3-5-12-22(20)33-16-14-26-24(29)18-8-7-9-19(28-18)25(30)27-15-17-34-23-13-6-4-11-21(23)32-2/h3-13H,14-17H2,1-2H3,(H,26,29)(H,27,30). The Morgan fingerprint density at radius 3 is 1.47 bits per heavy atom. The largest absolute Gasteiger partial charge is 0.493 e. The van der Waals surface area contributed by atoms with Crippen molar-refractivity contribution in [3.8, 4) is 23.0 Å². The number of ether oxygens (including phenoxy) is 4. The summed E-state index contributed by atoms with van der Waals surface area (Å²) in [6.07, 6.45) is 0. The van der Waals surface area contributed by atoms with Crippen molar-refractivity contribution in [3.63, 3.8) is 0 Å². The topological polar surface area (TPSA) is 108 Å². The highest BCUT2D eigenvalue weighted by atomic mass is 16.5. The van der Waals surface area contributed by atoms with Crippen molar-refractivity contribution in [2.75, 3.05) is 40.5 Å². The van der Waals surface area contributed by atoms with E-state index in [-0.39, 0.29) is 37.7 Å². The van der Waals surface area contributed by atoms with E-state index in [1.807, 2.05) is 24.3 Å². The Labute approximate surface area is 198 Å². The zero-order valence-electron chi connectivity index (χ0n) is 19.1. The molecule has 0 unspecified atom stereocenters. The first-order valence-electron chi connectivity index (χ1n) is 10.7. The highest BCUT2D eigenvalue weighted by molar-refractivity contribution is 5.96. The molecule has 0 aliphatic carbocycles. The van der Waals surface area contributed by atoms with Crippen molar-refractivity contribution in [2.24, 2.45) is 0 Å². The molecule has 0 fully saturated rings. The Bertz CT molecular complexity index is 1020. The molecule has 178 valence electrons. The van der Waals surface area contributed by atoms with Crippen molar-refractivity contribution in [1.82, 2.24) is 15.6 Å². The summed E-state index contributed by atoms with van der Waals surface area (Å²) in [4.78, 5) is 29.0. The minimum Gasteiger partial charge on any atom is -0.493 e. The Morgan fingerprint density at radius 2 is 1.06 bits per heavy atom. The van der Waals surface area contributed by atoms with Gasteiger partial charge in [-0.15, -0.1) is 0 Å².